The topological polar surface area (TPSA) is 57.5 Å². The van der Waals surface area contributed by atoms with Gasteiger partial charge in [-0.15, -0.1) is 0 Å². The summed E-state index contributed by atoms with van der Waals surface area (Å²) >= 11 is 0. The van der Waals surface area contributed by atoms with E-state index < -0.39 is 5.79 Å². The third-order valence-electron chi connectivity index (χ3n) is 8.53. The normalized spacial score (nSPS) is 36.0. The van der Waals surface area contributed by atoms with Crippen molar-refractivity contribution in [1.29, 1.82) is 0 Å². The van der Waals surface area contributed by atoms with Gasteiger partial charge < -0.3 is 15.0 Å². The third kappa shape index (κ3) is 5.16. The SMILES string of the molecule is C=C1CCC(O)(O)C/C1=C/C=C1\CCC[C@]2(C)[C@@H]([C@H](C)CCCC(C)C=O)CC[C@@H]12. The monoisotopic (exact) mass is 414 g/mol. The van der Waals surface area contributed by atoms with Gasteiger partial charge in [0.2, 0.25) is 0 Å². The van der Waals surface area contributed by atoms with Crippen LogP contribution in [-0.4, -0.2) is 22.3 Å². The lowest BCUT2D eigenvalue weighted by atomic mass is 9.60. The van der Waals surface area contributed by atoms with Crippen molar-refractivity contribution in [1.82, 2.24) is 0 Å². The van der Waals surface area contributed by atoms with Gasteiger partial charge in [0.1, 0.15) is 6.29 Å². The van der Waals surface area contributed by atoms with Crippen LogP contribution in [0.4, 0.5) is 0 Å². The summed E-state index contributed by atoms with van der Waals surface area (Å²) in [5.74, 6) is 0.723. The highest BCUT2D eigenvalue weighted by Gasteiger charge is 2.50. The molecule has 2 N–H and O–H groups in total. The van der Waals surface area contributed by atoms with E-state index in [-0.39, 0.29) is 12.3 Å². The van der Waals surface area contributed by atoms with Crippen molar-refractivity contribution in [3.05, 3.63) is 35.5 Å². The first-order chi connectivity index (χ1) is 14.2. The minimum absolute atomic E-state index is 0.187. The average Bonchev–Trinajstić information content (AvgIpc) is 3.06. The van der Waals surface area contributed by atoms with E-state index in [9.17, 15) is 15.0 Å². The van der Waals surface area contributed by atoms with Gasteiger partial charge in [-0.2, -0.15) is 0 Å². The van der Waals surface area contributed by atoms with Gasteiger partial charge >= 0.3 is 0 Å². The van der Waals surface area contributed by atoms with Crippen LogP contribution < -0.4 is 0 Å². The van der Waals surface area contributed by atoms with Crippen molar-refractivity contribution in [3.63, 3.8) is 0 Å². The molecular weight excluding hydrogens is 372 g/mol. The van der Waals surface area contributed by atoms with E-state index in [1.165, 1.54) is 32.1 Å². The van der Waals surface area contributed by atoms with Crippen LogP contribution in [0.1, 0.15) is 91.4 Å². The molecule has 0 saturated heterocycles. The average molecular weight is 415 g/mol. The molecule has 0 radical (unpaired) electrons. The molecule has 3 aliphatic rings. The lowest BCUT2D eigenvalue weighted by molar-refractivity contribution is -0.166. The van der Waals surface area contributed by atoms with Crippen LogP contribution in [0.25, 0.3) is 0 Å². The van der Waals surface area contributed by atoms with E-state index in [1.807, 2.05) is 6.92 Å². The quantitative estimate of drug-likeness (QED) is 0.390. The van der Waals surface area contributed by atoms with Crippen LogP contribution >= 0.6 is 0 Å². The Hall–Kier alpha value is -1.19. The van der Waals surface area contributed by atoms with Gasteiger partial charge in [0.05, 0.1) is 0 Å². The summed E-state index contributed by atoms with van der Waals surface area (Å²) in [5.41, 5.74) is 3.98. The van der Waals surface area contributed by atoms with Gasteiger partial charge in [-0.1, -0.05) is 63.5 Å². The van der Waals surface area contributed by atoms with Gasteiger partial charge in [-0.25, -0.2) is 0 Å². The number of hydrogen-bond acceptors (Lipinski definition) is 3. The largest absolute Gasteiger partial charge is 0.365 e. The molecule has 168 valence electrons. The van der Waals surface area contributed by atoms with Crippen LogP contribution in [0.15, 0.2) is 35.5 Å². The molecule has 0 spiro atoms. The fourth-order valence-corrected chi connectivity index (χ4v) is 6.66. The molecule has 3 nitrogen and oxygen atoms in total. The zero-order valence-electron chi connectivity index (χ0n) is 19.3. The smallest absolute Gasteiger partial charge is 0.166 e. The van der Waals surface area contributed by atoms with Crippen LogP contribution in [0, 0.1) is 29.1 Å². The highest BCUT2D eigenvalue weighted by Crippen LogP contribution is 2.60. The molecule has 5 atom stereocenters. The molecule has 3 aliphatic carbocycles. The molecule has 0 amide bonds. The molecule has 0 aliphatic heterocycles. The molecule has 30 heavy (non-hydrogen) atoms. The Kier molecular flexibility index (Phi) is 7.45. The minimum Gasteiger partial charge on any atom is -0.365 e. The first-order valence-corrected chi connectivity index (χ1v) is 12.1. The number of aldehydes is 1. The summed E-state index contributed by atoms with van der Waals surface area (Å²) in [6.45, 7) is 11.1. The first kappa shape index (κ1) is 23.5. The number of allylic oxidation sites excluding steroid dienone is 4. The summed E-state index contributed by atoms with van der Waals surface area (Å²) in [5, 5.41) is 20.1. The number of fused-ring (bicyclic) bond motifs is 1. The van der Waals surface area contributed by atoms with Crippen LogP contribution in [0.3, 0.4) is 0 Å². The second-order valence-electron chi connectivity index (χ2n) is 10.8. The first-order valence-electron chi connectivity index (χ1n) is 12.1. The van der Waals surface area contributed by atoms with Crippen molar-refractivity contribution >= 4 is 6.29 Å². The lowest BCUT2D eigenvalue weighted by Crippen LogP contribution is -2.36. The second-order valence-corrected chi connectivity index (χ2v) is 10.8. The van der Waals surface area contributed by atoms with Crippen LogP contribution in [-0.2, 0) is 4.79 Å². The molecule has 1 unspecified atom stereocenters. The Balaban J connectivity index is 1.69. The molecule has 3 heteroatoms. The van der Waals surface area contributed by atoms with Gasteiger partial charge in [0.25, 0.3) is 0 Å². The minimum atomic E-state index is -1.58. The number of carbonyl (C=O) groups is 1. The molecule has 0 aromatic rings. The molecule has 0 aromatic carbocycles. The Bertz CT molecular complexity index is 701. The second kappa shape index (κ2) is 9.53. The number of rotatable bonds is 7. The van der Waals surface area contributed by atoms with E-state index >= 15 is 0 Å². The zero-order chi connectivity index (χ0) is 21.9. The summed E-state index contributed by atoms with van der Waals surface area (Å²) in [6.07, 6.45) is 16.5. The van der Waals surface area contributed by atoms with Crippen molar-refractivity contribution in [2.24, 2.45) is 29.1 Å². The Morgan fingerprint density at radius 2 is 1.90 bits per heavy atom. The number of hydrogen-bond donors (Lipinski definition) is 2. The van der Waals surface area contributed by atoms with E-state index in [2.05, 4.69) is 32.6 Å². The lowest BCUT2D eigenvalue weighted by Gasteiger charge is -2.44. The summed E-state index contributed by atoms with van der Waals surface area (Å²) in [4.78, 5) is 10.9. The van der Waals surface area contributed by atoms with E-state index in [0.29, 0.717) is 30.1 Å². The molecular formula is C27H42O3. The maximum atomic E-state index is 10.9. The van der Waals surface area contributed by atoms with Crippen LogP contribution in [0.5, 0.6) is 0 Å². The molecule has 0 heterocycles. The molecule has 0 aromatic heterocycles. The van der Waals surface area contributed by atoms with E-state index in [1.54, 1.807) is 5.57 Å². The zero-order valence-corrected chi connectivity index (χ0v) is 19.3. The Morgan fingerprint density at radius 1 is 1.13 bits per heavy atom. The van der Waals surface area contributed by atoms with Gasteiger partial charge in [0, 0.05) is 18.8 Å². The van der Waals surface area contributed by atoms with Crippen molar-refractivity contribution < 1.29 is 15.0 Å². The Morgan fingerprint density at radius 3 is 2.63 bits per heavy atom. The highest BCUT2D eigenvalue weighted by atomic mass is 16.5. The molecule has 3 saturated carbocycles. The van der Waals surface area contributed by atoms with Gasteiger partial charge in [-0.05, 0) is 73.7 Å². The van der Waals surface area contributed by atoms with Gasteiger partial charge in [0.15, 0.2) is 5.79 Å². The number of carbonyl (C=O) groups excluding carboxylic acids is 1. The fourth-order valence-electron chi connectivity index (χ4n) is 6.66. The molecule has 0 bridgehead atoms. The maximum Gasteiger partial charge on any atom is 0.166 e. The van der Waals surface area contributed by atoms with E-state index in [0.717, 1.165) is 42.6 Å². The van der Waals surface area contributed by atoms with Crippen molar-refractivity contribution in [2.45, 2.75) is 97.2 Å². The standard InChI is InChI=1S/C27H42O3/c1-19(18-28)7-5-8-21(3)24-12-13-25-22(9-6-15-26(24,25)4)10-11-23-17-27(29,30)16-14-20(23)2/h10-11,18-19,21,24-25,29-30H,2,5-9,12-17H2,1,3-4H3/b22-10+,23-11-/t19?,21-,24-,25+,26-/m1/s1. The van der Waals surface area contributed by atoms with Gasteiger partial charge in [-0.3, -0.25) is 0 Å². The van der Waals surface area contributed by atoms with Crippen molar-refractivity contribution in [2.75, 3.05) is 0 Å². The molecule has 3 fully saturated rings. The fraction of sp³-hybridized carbons (Fsp3) is 0.741. The van der Waals surface area contributed by atoms with Crippen molar-refractivity contribution in [3.8, 4) is 0 Å². The third-order valence-corrected chi connectivity index (χ3v) is 8.53. The summed E-state index contributed by atoms with van der Waals surface area (Å²) < 4.78 is 0. The van der Waals surface area contributed by atoms with Crippen LogP contribution in [0.2, 0.25) is 0 Å². The molecule has 3 rings (SSSR count). The predicted octanol–water partition coefficient (Wildman–Crippen LogP) is 6.12. The number of aliphatic hydroxyl groups is 2. The summed E-state index contributed by atoms with van der Waals surface area (Å²) in [6, 6.07) is 0. The predicted molar refractivity (Wildman–Crippen MR) is 123 cm³/mol. The maximum absolute atomic E-state index is 10.9. The highest BCUT2D eigenvalue weighted by molar-refractivity contribution is 5.52. The Labute approximate surface area is 183 Å². The van der Waals surface area contributed by atoms with E-state index in [4.69, 9.17) is 0 Å². The summed E-state index contributed by atoms with van der Waals surface area (Å²) in [7, 11) is 0.